The van der Waals surface area contributed by atoms with Gasteiger partial charge in [0.05, 0.1) is 12.7 Å². The molecule has 5 nitrogen and oxygen atoms in total. The number of nitrogens with one attached hydrogen (secondary N) is 2. The van der Waals surface area contributed by atoms with Crippen LogP contribution in [0.4, 0.5) is 8.78 Å². The summed E-state index contributed by atoms with van der Waals surface area (Å²) in [7, 11) is 0. The molecule has 152 valence electrons. The first kappa shape index (κ1) is 21.6. The van der Waals surface area contributed by atoms with E-state index in [9.17, 15) is 8.78 Å². The highest BCUT2D eigenvalue weighted by molar-refractivity contribution is 5.79. The number of rotatable bonds is 10. The summed E-state index contributed by atoms with van der Waals surface area (Å²) in [5.74, 6) is -0.945. The van der Waals surface area contributed by atoms with Gasteiger partial charge in [0, 0.05) is 38.8 Å². The second-order valence-electron chi connectivity index (χ2n) is 6.78. The minimum Gasteiger partial charge on any atom is -0.379 e. The fraction of sp³-hybridized carbons (Fsp3) is 0.650. The van der Waals surface area contributed by atoms with Gasteiger partial charge in [-0.1, -0.05) is 13.0 Å². The van der Waals surface area contributed by atoms with Crippen LogP contribution in [0.25, 0.3) is 0 Å². The molecule has 1 aromatic rings. The first-order valence-corrected chi connectivity index (χ1v) is 9.76. The number of guanidine groups is 1. The second kappa shape index (κ2) is 11.9. The van der Waals surface area contributed by atoms with Crippen molar-refractivity contribution in [3.8, 4) is 0 Å². The van der Waals surface area contributed by atoms with Gasteiger partial charge in [-0.25, -0.2) is 8.78 Å². The molecule has 0 spiro atoms. The van der Waals surface area contributed by atoms with Crippen LogP contribution in [-0.2, 0) is 9.47 Å². The molecule has 0 radical (unpaired) electrons. The van der Waals surface area contributed by atoms with Crippen LogP contribution >= 0.6 is 0 Å². The summed E-state index contributed by atoms with van der Waals surface area (Å²) in [6.07, 6.45) is 3.34. The van der Waals surface area contributed by atoms with E-state index in [0.717, 1.165) is 50.6 Å². The summed E-state index contributed by atoms with van der Waals surface area (Å²) >= 11 is 0. The lowest BCUT2D eigenvalue weighted by Crippen LogP contribution is -2.38. The van der Waals surface area contributed by atoms with Gasteiger partial charge in [-0.15, -0.1) is 0 Å². The lowest BCUT2D eigenvalue weighted by atomic mass is 10.0. The molecule has 2 unspecified atom stereocenters. The molecule has 1 aliphatic heterocycles. The van der Waals surface area contributed by atoms with E-state index in [1.54, 1.807) is 6.07 Å². The lowest BCUT2D eigenvalue weighted by Gasteiger charge is -2.14. The zero-order valence-corrected chi connectivity index (χ0v) is 16.3. The second-order valence-corrected chi connectivity index (χ2v) is 6.78. The van der Waals surface area contributed by atoms with Crippen LogP contribution in [0.1, 0.15) is 44.6 Å². The van der Waals surface area contributed by atoms with E-state index in [2.05, 4.69) is 15.6 Å². The van der Waals surface area contributed by atoms with Gasteiger partial charge in [0.25, 0.3) is 0 Å². The van der Waals surface area contributed by atoms with Crippen LogP contribution in [0.2, 0.25) is 0 Å². The average molecular weight is 383 g/mol. The van der Waals surface area contributed by atoms with Gasteiger partial charge < -0.3 is 20.1 Å². The Bertz CT molecular complexity index is 593. The summed E-state index contributed by atoms with van der Waals surface area (Å²) in [6, 6.07) is 4.00. The van der Waals surface area contributed by atoms with Crippen molar-refractivity contribution in [1.29, 1.82) is 0 Å². The molecule has 0 bridgehead atoms. The van der Waals surface area contributed by atoms with Crippen molar-refractivity contribution in [3.05, 3.63) is 35.4 Å². The van der Waals surface area contributed by atoms with E-state index >= 15 is 0 Å². The summed E-state index contributed by atoms with van der Waals surface area (Å²) in [5.41, 5.74) is 0.732. The molecule has 0 amide bonds. The van der Waals surface area contributed by atoms with Gasteiger partial charge in [-0.05, 0) is 43.9 Å². The fourth-order valence-corrected chi connectivity index (χ4v) is 2.87. The van der Waals surface area contributed by atoms with Crippen molar-refractivity contribution in [2.24, 2.45) is 4.99 Å². The van der Waals surface area contributed by atoms with Crippen molar-refractivity contribution in [3.63, 3.8) is 0 Å². The van der Waals surface area contributed by atoms with Gasteiger partial charge in [-0.3, -0.25) is 4.99 Å². The average Bonchev–Trinajstić information content (AvgIpc) is 3.17. The minimum absolute atomic E-state index is 0.00898. The molecule has 27 heavy (non-hydrogen) atoms. The first-order chi connectivity index (χ1) is 13.1. The molecular formula is C20H31F2N3O2. The van der Waals surface area contributed by atoms with E-state index in [-0.39, 0.29) is 12.0 Å². The van der Waals surface area contributed by atoms with Crippen LogP contribution in [0, 0.1) is 11.6 Å². The van der Waals surface area contributed by atoms with Gasteiger partial charge in [0.2, 0.25) is 0 Å². The molecule has 0 aromatic heterocycles. The smallest absolute Gasteiger partial charge is 0.191 e. The van der Waals surface area contributed by atoms with Crippen LogP contribution in [0.5, 0.6) is 0 Å². The van der Waals surface area contributed by atoms with Crippen molar-refractivity contribution in [2.45, 2.75) is 45.1 Å². The molecule has 1 heterocycles. The van der Waals surface area contributed by atoms with Gasteiger partial charge >= 0.3 is 0 Å². The standard InChI is InChI=1S/C20H31F2N3O2/c1-3-23-20(24-9-5-10-26-14-17-6-4-11-27-17)25-13-15(2)16-7-8-18(21)19(22)12-16/h7-8,12,15,17H,3-6,9-11,13-14H2,1-2H3,(H2,23,24,25). The Labute approximate surface area is 160 Å². The monoisotopic (exact) mass is 383 g/mol. The fourth-order valence-electron chi connectivity index (χ4n) is 2.87. The number of aliphatic imine (C=N–C) groups is 1. The number of hydrogen-bond donors (Lipinski definition) is 2. The topological polar surface area (TPSA) is 54.9 Å². The Morgan fingerprint density at radius 1 is 1.33 bits per heavy atom. The van der Waals surface area contributed by atoms with Crippen LogP contribution < -0.4 is 10.6 Å². The maximum atomic E-state index is 13.4. The molecular weight excluding hydrogens is 352 g/mol. The van der Waals surface area contributed by atoms with Crippen LogP contribution in [0.3, 0.4) is 0 Å². The van der Waals surface area contributed by atoms with Crippen molar-refractivity contribution < 1.29 is 18.3 Å². The van der Waals surface area contributed by atoms with E-state index in [4.69, 9.17) is 9.47 Å². The van der Waals surface area contributed by atoms with Crippen molar-refractivity contribution in [2.75, 3.05) is 39.5 Å². The van der Waals surface area contributed by atoms with Crippen LogP contribution in [-0.4, -0.2) is 51.5 Å². The highest BCUT2D eigenvalue weighted by Gasteiger charge is 2.15. The van der Waals surface area contributed by atoms with E-state index in [1.807, 2.05) is 13.8 Å². The van der Waals surface area contributed by atoms with Crippen LogP contribution in [0.15, 0.2) is 23.2 Å². The summed E-state index contributed by atoms with van der Waals surface area (Å²) in [4.78, 5) is 4.54. The van der Waals surface area contributed by atoms with Crippen molar-refractivity contribution in [1.82, 2.24) is 10.6 Å². The predicted octanol–water partition coefficient (Wildman–Crippen LogP) is 3.21. The minimum atomic E-state index is -0.828. The summed E-state index contributed by atoms with van der Waals surface area (Å²) < 4.78 is 37.6. The highest BCUT2D eigenvalue weighted by atomic mass is 19.2. The lowest BCUT2D eigenvalue weighted by molar-refractivity contribution is 0.0168. The zero-order chi connectivity index (χ0) is 19.5. The maximum absolute atomic E-state index is 13.4. The maximum Gasteiger partial charge on any atom is 0.191 e. The summed E-state index contributed by atoms with van der Waals surface area (Å²) in [6.45, 7) is 8.12. The Morgan fingerprint density at radius 2 is 2.19 bits per heavy atom. The first-order valence-electron chi connectivity index (χ1n) is 9.76. The molecule has 2 rings (SSSR count). The number of benzene rings is 1. The molecule has 0 saturated carbocycles. The zero-order valence-electron chi connectivity index (χ0n) is 16.3. The van der Waals surface area contributed by atoms with E-state index in [1.165, 1.54) is 6.07 Å². The molecule has 1 saturated heterocycles. The molecule has 1 aromatic carbocycles. The molecule has 1 aliphatic rings. The Balaban J connectivity index is 1.69. The third kappa shape index (κ3) is 7.81. The van der Waals surface area contributed by atoms with Gasteiger partial charge in [-0.2, -0.15) is 0 Å². The number of ether oxygens (including phenoxy) is 2. The number of halogens is 2. The SMILES string of the molecule is CCNC(=NCC(C)c1ccc(F)c(F)c1)NCCCOCC1CCCO1. The van der Waals surface area contributed by atoms with E-state index in [0.29, 0.717) is 25.7 Å². The third-order valence-corrected chi connectivity index (χ3v) is 4.47. The Kier molecular flexibility index (Phi) is 9.48. The summed E-state index contributed by atoms with van der Waals surface area (Å²) in [5, 5.41) is 6.46. The molecule has 2 atom stereocenters. The van der Waals surface area contributed by atoms with Gasteiger partial charge in [0.1, 0.15) is 0 Å². The highest BCUT2D eigenvalue weighted by Crippen LogP contribution is 2.18. The molecule has 7 heteroatoms. The normalized spacial score (nSPS) is 18.5. The van der Waals surface area contributed by atoms with Crippen molar-refractivity contribution >= 4 is 5.96 Å². The predicted molar refractivity (Wildman–Crippen MR) is 103 cm³/mol. The van der Waals surface area contributed by atoms with E-state index < -0.39 is 11.6 Å². The Morgan fingerprint density at radius 3 is 2.89 bits per heavy atom. The Hall–Kier alpha value is -1.73. The number of hydrogen-bond acceptors (Lipinski definition) is 3. The number of nitrogens with zero attached hydrogens (tertiary/aromatic N) is 1. The van der Waals surface area contributed by atoms with Gasteiger partial charge in [0.15, 0.2) is 17.6 Å². The molecule has 0 aliphatic carbocycles. The molecule has 1 fully saturated rings. The largest absolute Gasteiger partial charge is 0.379 e. The third-order valence-electron chi connectivity index (χ3n) is 4.47. The molecule has 2 N–H and O–H groups in total. The quantitative estimate of drug-likeness (QED) is 0.370.